The number of nitrogens with two attached hydrogens (primary N) is 1. The molecule has 24 heavy (non-hydrogen) atoms. The predicted octanol–water partition coefficient (Wildman–Crippen LogP) is 5.16. The first kappa shape index (κ1) is 16.0. The van der Waals surface area contributed by atoms with E-state index in [9.17, 15) is 13.2 Å². The predicted molar refractivity (Wildman–Crippen MR) is 86.4 cm³/mol. The molecule has 3 nitrogen and oxygen atoms in total. The Morgan fingerprint density at radius 3 is 2.25 bits per heavy atom. The van der Waals surface area contributed by atoms with Crippen LogP contribution in [0.1, 0.15) is 0 Å². The molecule has 0 radical (unpaired) electrons. The normalized spacial score (nSPS) is 11.5. The van der Waals surface area contributed by atoms with E-state index in [2.05, 4.69) is 0 Å². The van der Waals surface area contributed by atoms with Crippen molar-refractivity contribution in [1.82, 2.24) is 0 Å². The summed E-state index contributed by atoms with van der Waals surface area (Å²) in [5, 5.41) is 2.05. The molecule has 0 heterocycles. The van der Waals surface area contributed by atoms with Crippen molar-refractivity contribution in [2.75, 3.05) is 12.3 Å². The number of anilines is 1. The summed E-state index contributed by atoms with van der Waals surface area (Å²) in [5.41, 5.74) is 5.96. The van der Waals surface area contributed by atoms with Crippen LogP contribution in [0, 0.1) is 0 Å². The molecule has 2 N–H and O–H groups in total. The molecule has 3 aromatic carbocycles. The Labute approximate surface area is 136 Å². The second-order valence-corrected chi connectivity index (χ2v) is 5.25. The summed E-state index contributed by atoms with van der Waals surface area (Å²) in [6.45, 7) is -1.38. The largest absolute Gasteiger partial charge is 0.484 e. The van der Waals surface area contributed by atoms with Gasteiger partial charge in [-0.3, -0.25) is 0 Å². The molecule has 0 saturated heterocycles. The maximum absolute atomic E-state index is 12.3. The second kappa shape index (κ2) is 6.31. The van der Waals surface area contributed by atoms with Gasteiger partial charge in [-0.25, -0.2) is 0 Å². The van der Waals surface area contributed by atoms with Crippen LogP contribution >= 0.6 is 0 Å². The number of rotatable bonds is 4. The zero-order valence-corrected chi connectivity index (χ0v) is 12.5. The van der Waals surface area contributed by atoms with E-state index in [0.717, 1.165) is 10.8 Å². The van der Waals surface area contributed by atoms with E-state index < -0.39 is 12.8 Å². The summed E-state index contributed by atoms with van der Waals surface area (Å²) >= 11 is 0. The van der Waals surface area contributed by atoms with Gasteiger partial charge in [-0.2, -0.15) is 13.2 Å². The summed E-state index contributed by atoms with van der Waals surface area (Å²) in [6.07, 6.45) is -4.41. The van der Waals surface area contributed by atoms with Crippen LogP contribution in [0.15, 0.2) is 60.7 Å². The number of alkyl halides is 3. The van der Waals surface area contributed by atoms with Gasteiger partial charge >= 0.3 is 6.18 Å². The number of nitrogen functional groups attached to an aromatic ring is 1. The molecule has 6 heteroatoms. The van der Waals surface area contributed by atoms with E-state index >= 15 is 0 Å². The van der Waals surface area contributed by atoms with Gasteiger partial charge in [0, 0.05) is 23.9 Å². The molecule has 124 valence electrons. The van der Waals surface area contributed by atoms with Crippen LogP contribution < -0.4 is 15.2 Å². The van der Waals surface area contributed by atoms with Gasteiger partial charge in [-0.15, -0.1) is 0 Å². The highest BCUT2D eigenvalue weighted by Crippen LogP contribution is 2.31. The fraction of sp³-hybridized carbons (Fsp3) is 0.111. The molecular formula is C18H14F3NO2. The van der Waals surface area contributed by atoms with Crippen molar-refractivity contribution < 1.29 is 22.6 Å². The molecule has 0 atom stereocenters. The summed E-state index contributed by atoms with van der Waals surface area (Å²) in [4.78, 5) is 0. The van der Waals surface area contributed by atoms with Gasteiger partial charge < -0.3 is 15.2 Å². The van der Waals surface area contributed by atoms with Gasteiger partial charge in [-0.05, 0) is 22.9 Å². The fourth-order valence-corrected chi connectivity index (χ4v) is 2.27. The third-order valence-electron chi connectivity index (χ3n) is 3.26. The van der Waals surface area contributed by atoms with E-state index in [1.807, 2.05) is 36.4 Å². The number of hydrogen-bond donors (Lipinski definition) is 1. The highest BCUT2D eigenvalue weighted by molar-refractivity contribution is 5.83. The fourth-order valence-electron chi connectivity index (χ4n) is 2.27. The zero-order valence-electron chi connectivity index (χ0n) is 12.5. The molecule has 0 fully saturated rings. The van der Waals surface area contributed by atoms with Crippen molar-refractivity contribution >= 4 is 16.5 Å². The van der Waals surface area contributed by atoms with Crippen molar-refractivity contribution in [3.8, 4) is 17.2 Å². The molecule has 0 saturated carbocycles. The molecule has 0 bridgehead atoms. The Hall–Kier alpha value is -2.89. The zero-order chi connectivity index (χ0) is 17.2. The number of hydrogen-bond acceptors (Lipinski definition) is 3. The topological polar surface area (TPSA) is 44.5 Å². The molecule has 3 aromatic rings. The highest BCUT2D eigenvalue weighted by atomic mass is 19.4. The van der Waals surface area contributed by atoms with Gasteiger partial charge in [0.15, 0.2) is 6.61 Å². The van der Waals surface area contributed by atoms with E-state index in [1.54, 1.807) is 6.07 Å². The number of benzene rings is 3. The van der Waals surface area contributed by atoms with Gasteiger partial charge in [0.1, 0.15) is 17.2 Å². The highest BCUT2D eigenvalue weighted by Gasteiger charge is 2.28. The average molecular weight is 333 g/mol. The monoisotopic (exact) mass is 333 g/mol. The summed E-state index contributed by atoms with van der Waals surface area (Å²) < 4.78 is 47.2. The van der Waals surface area contributed by atoms with Crippen LogP contribution in [-0.2, 0) is 0 Å². The minimum Gasteiger partial charge on any atom is -0.484 e. The Bertz CT molecular complexity index is 862. The molecule has 0 aliphatic carbocycles. The van der Waals surface area contributed by atoms with Crippen molar-refractivity contribution in [2.24, 2.45) is 0 Å². The van der Waals surface area contributed by atoms with Crippen LogP contribution in [0.3, 0.4) is 0 Å². The lowest BCUT2D eigenvalue weighted by atomic mass is 10.1. The van der Waals surface area contributed by atoms with Crippen LogP contribution in [-0.4, -0.2) is 12.8 Å². The minimum atomic E-state index is -4.41. The van der Waals surface area contributed by atoms with Gasteiger partial charge in [-0.1, -0.05) is 30.3 Å². The third kappa shape index (κ3) is 4.10. The Balaban J connectivity index is 1.81. The Morgan fingerprint density at radius 1 is 0.792 bits per heavy atom. The van der Waals surface area contributed by atoms with Crippen LogP contribution in [0.25, 0.3) is 10.8 Å². The van der Waals surface area contributed by atoms with Crippen molar-refractivity contribution in [3.05, 3.63) is 60.7 Å². The SMILES string of the molecule is Nc1cc(OCC(F)(F)F)cc(Oc2ccc3ccccc3c2)c1. The molecule has 0 amide bonds. The van der Waals surface area contributed by atoms with E-state index in [0.29, 0.717) is 11.5 Å². The third-order valence-corrected chi connectivity index (χ3v) is 3.26. The first-order valence-electron chi connectivity index (χ1n) is 7.16. The van der Waals surface area contributed by atoms with Crippen LogP contribution in [0.2, 0.25) is 0 Å². The number of fused-ring (bicyclic) bond motifs is 1. The molecule has 0 unspecified atom stereocenters. The molecule has 0 aromatic heterocycles. The quantitative estimate of drug-likeness (QED) is 0.671. The van der Waals surface area contributed by atoms with Crippen LogP contribution in [0.4, 0.5) is 18.9 Å². The smallest absolute Gasteiger partial charge is 0.422 e. The van der Waals surface area contributed by atoms with E-state index in [4.69, 9.17) is 15.2 Å². The first-order chi connectivity index (χ1) is 11.4. The Morgan fingerprint density at radius 2 is 1.50 bits per heavy atom. The van der Waals surface area contributed by atoms with Gasteiger partial charge in [0.25, 0.3) is 0 Å². The lowest BCUT2D eigenvalue weighted by Gasteiger charge is -2.12. The molecule has 0 aliphatic rings. The molecule has 0 aliphatic heterocycles. The molecular weight excluding hydrogens is 319 g/mol. The maximum Gasteiger partial charge on any atom is 0.422 e. The van der Waals surface area contributed by atoms with Crippen molar-refractivity contribution in [3.63, 3.8) is 0 Å². The number of ether oxygens (including phenoxy) is 2. The maximum atomic E-state index is 12.3. The summed E-state index contributed by atoms with van der Waals surface area (Å²) in [7, 11) is 0. The summed E-state index contributed by atoms with van der Waals surface area (Å²) in [6, 6.07) is 17.5. The van der Waals surface area contributed by atoms with E-state index in [-0.39, 0.29) is 11.4 Å². The van der Waals surface area contributed by atoms with Crippen molar-refractivity contribution in [1.29, 1.82) is 0 Å². The summed E-state index contributed by atoms with van der Waals surface area (Å²) in [5.74, 6) is 0.867. The minimum absolute atomic E-state index is 0.00288. The lowest BCUT2D eigenvalue weighted by Crippen LogP contribution is -2.19. The van der Waals surface area contributed by atoms with E-state index in [1.165, 1.54) is 18.2 Å². The van der Waals surface area contributed by atoms with Crippen molar-refractivity contribution in [2.45, 2.75) is 6.18 Å². The average Bonchev–Trinajstić information content (AvgIpc) is 2.52. The van der Waals surface area contributed by atoms with Crippen LogP contribution in [0.5, 0.6) is 17.2 Å². The van der Waals surface area contributed by atoms with Gasteiger partial charge in [0.05, 0.1) is 0 Å². The lowest BCUT2D eigenvalue weighted by molar-refractivity contribution is -0.153. The molecule has 3 rings (SSSR count). The standard InChI is InChI=1S/C18H14F3NO2/c19-18(20,21)11-23-16-8-14(22)9-17(10-16)24-15-6-5-12-3-1-2-4-13(12)7-15/h1-10H,11,22H2. The number of halogens is 3. The van der Waals surface area contributed by atoms with Gasteiger partial charge in [0.2, 0.25) is 0 Å². The first-order valence-corrected chi connectivity index (χ1v) is 7.16. The molecule has 0 spiro atoms. The second-order valence-electron chi connectivity index (χ2n) is 5.25. The Kier molecular flexibility index (Phi) is 4.20.